The predicted molar refractivity (Wildman–Crippen MR) is 109 cm³/mol. The summed E-state index contributed by atoms with van der Waals surface area (Å²) in [4.78, 5) is -0.417. The standard InChI is InChI=1S/C17H22FN3O2S2.CH5N/c18-16-11-15(25(20,22)23)10-13(12-19)17(16)21-8-5-9-24-14-6-3-1-2-4-7-14;1-2/h5,8,10-11,14,21H,1-4,6-7,9H2,(H2,20,22,23);2H2,1H3/b8-5+;. The lowest BCUT2D eigenvalue weighted by molar-refractivity contribution is 0.593. The molecule has 2 rings (SSSR count). The van der Waals surface area contributed by atoms with Crippen molar-refractivity contribution >= 4 is 27.5 Å². The number of sulfonamides is 1. The highest BCUT2D eigenvalue weighted by Crippen LogP contribution is 2.27. The molecule has 1 aromatic rings. The van der Waals surface area contributed by atoms with Crippen molar-refractivity contribution in [3.05, 3.63) is 35.8 Å². The Balaban J connectivity index is 0.00000176. The van der Waals surface area contributed by atoms with Crippen LogP contribution in [-0.2, 0) is 10.0 Å². The first-order chi connectivity index (χ1) is 12.9. The van der Waals surface area contributed by atoms with Gasteiger partial charge in [-0.15, -0.1) is 0 Å². The van der Waals surface area contributed by atoms with Crippen LogP contribution in [0, 0.1) is 17.1 Å². The normalized spacial score (nSPS) is 15.5. The van der Waals surface area contributed by atoms with Gasteiger partial charge in [-0.1, -0.05) is 31.8 Å². The van der Waals surface area contributed by atoms with Gasteiger partial charge in [0, 0.05) is 11.0 Å². The molecular weight excluding hydrogens is 387 g/mol. The minimum Gasteiger partial charge on any atom is -0.359 e. The van der Waals surface area contributed by atoms with E-state index in [-0.39, 0.29) is 11.3 Å². The third-order valence-corrected chi connectivity index (χ3v) is 6.31. The van der Waals surface area contributed by atoms with Crippen molar-refractivity contribution in [2.45, 2.75) is 48.7 Å². The second-order valence-electron chi connectivity index (χ2n) is 5.98. The van der Waals surface area contributed by atoms with Crippen LogP contribution in [0.2, 0.25) is 0 Å². The summed E-state index contributed by atoms with van der Waals surface area (Å²) in [6, 6.07) is 3.66. The van der Waals surface area contributed by atoms with Gasteiger partial charge in [-0.25, -0.2) is 17.9 Å². The molecule has 5 N–H and O–H groups in total. The summed E-state index contributed by atoms with van der Waals surface area (Å²) in [7, 11) is -2.56. The molecule has 27 heavy (non-hydrogen) atoms. The molecule has 0 amide bonds. The topological polar surface area (TPSA) is 122 Å². The van der Waals surface area contributed by atoms with E-state index in [1.165, 1.54) is 45.6 Å². The van der Waals surface area contributed by atoms with Crippen LogP contribution in [0.15, 0.2) is 29.3 Å². The molecule has 1 fully saturated rings. The van der Waals surface area contributed by atoms with Gasteiger partial charge in [0.2, 0.25) is 10.0 Å². The second kappa shape index (κ2) is 12.0. The van der Waals surface area contributed by atoms with Crippen molar-refractivity contribution in [3.8, 4) is 6.07 Å². The number of halogens is 1. The summed E-state index contributed by atoms with van der Waals surface area (Å²) in [6.45, 7) is 0. The van der Waals surface area contributed by atoms with E-state index in [0.29, 0.717) is 5.25 Å². The Kier molecular flexibility index (Phi) is 10.4. The van der Waals surface area contributed by atoms with Gasteiger partial charge in [-0.2, -0.15) is 17.0 Å². The summed E-state index contributed by atoms with van der Waals surface area (Å²) < 4.78 is 36.7. The SMILES string of the molecule is CN.N#Cc1cc(S(N)(=O)=O)cc(F)c1N/C=C/CSC1CCCCCC1. The van der Waals surface area contributed by atoms with Gasteiger partial charge in [0.1, 0.15) is 11.9 Å². The van der Waals surface area contributed by atoms with Crippen LogP contribution in [-0.4, -0.2) is 26.5 Å². The van der Waals surface area contributed by atoms with Gasteiger partial charge >= 0.3 is 0 Å². The highest BCUT2D eigenvalue weighted by Gasteiger charge is 2.16. The lowest BCUT2D eigenvalue weighted by atomic mass is 10.2. The van der Waals surface area contributed by atoms with Gasteiger partial charge in [0.25, 0.3) is 0 Å². The zero-order chi connectivity index (χ0) is 20.3. The summed E-state index contributed by atoms with van der Waals surface area (Å²) in [5.41, 5.74) is 4.34. The fraction of sp³-hybridized carbons (Fsp3) is 0.500. The van der Waals surface area contributed by atoms with E-state index in [2.05, 4.69) is 11.1 Å². The van der Waals surface area contributed by atoms with E-state index in [0.717, 1.165) is 17.9 Å². The van der Waals surface area contributed by atoms with E-state index >= 15 is 0 Å². The number of nitrogens with zero attached hydrogens (tertiary/aromatic N) is 1. The van der Waals surface area contributed by atoms with Crippen LogP contribution in [0.5, 0.6) is 0 Å². The molecule has 0 saturated heterocycles. The first kappa shape index (κ1) is 23.4. The highest BCUT2D eigenvalue weighted by atomic mass is 32.2. The molecule has 0 aromatic heterocycles. The molecule has 150 valence electrons. The Morgan fingerprint density at radius 2 is 1.93 bits per heavy atom. The maximum absolute atomic E-state index is 14.1. The van der Waals surface area contributed by atoms with Gasteiger partial charge in [-0.05, 0) is 38.2 Å². The van der Waals surface area contributed by atoms with Gasteiger partial charge in [0.05, 0.1) is 16.1 Å². The molecule has 0 heterocycles. The lowest BCUT2D eigenvalue weighted by Gasteiger charge is -2.11. The molecule has 0 unspecified atom stereocenters. The largest absolute Gasteiger partial charge is 0.359 e. The molecular formula is C18H27FN4O2S2. The van der Waals surface area contributed by atoms with Crippen molar-refractivity contribution in [2.75, 3.05) is 18.1 Å². The highest BCUT2D eigenvalue weighted by molar-refractivity contribution is 8.00. The minimum atomic E-state index is -4.06. The smallest absolute Gasteiger partial charge is 0.238 e. The maximum atomic E-state index is 14.1. The monoisotopic (exact) mass is 414 g/mol. The van der Waals surface area contributed by atoms with E-state index < -0.39 is 20.7 Å². The molecule has 0 bridgehead atoms. The Bertz CT molecular complexity index is 768. The molecule has 9 heteroatoms. The van der Waals surface area contributed by atoms with E-state index in [1.807, 2.05) is 17.8 Å². The van der Waals surface area contributed by atoms with Crippen LogP contribution in [0.1, 0.15) is 44.1 Å². The fourth-order valence-corrected chi connectivity index (χ4v) is 4.47. The van der Waals surface area contributed by atoms with Crippen molar-refractivity contribution in [1.82, 2.24) is 0 Å². The van der Waals surface area contributed by atoms with Gasteiger partial charge < -0.3 is 11.1 Å². The van der Waals surface area contributed by atoms with Crippen molar-refractivity contribution < 1.29 is 12.8 Å². The molecule has 1 aliphatic carbocycles. The zero-order valence-electron chi connectivity index (χ0n) is 15.4. The fourth-order valence-electron chi connectivity index (χ4n) is 2.77. The predicted octanol–water partition coefficient (Wildman–Crippen LogP) is 3.30. The molecule has 1 saturated carbocycles. The van der Waals surface area contributed by atoms with E-state index in [1.54, 1.807) is 12.3 Å². The Morgan fingerprint density at radius 3 is 2.48 bits per heavy atom. The number of nitrogens with one attached hydrogen (secondary N) is 1. The third-order valence-electron chi connectivity index (χ3n) is 4.09. The van der Waals surface area contributed by atoms with Crippen LogP contribution in [0.4, 0.5) is 10.1 Å². The number of nitrogens with two attached hydrogens (primary N) is 2. The van der Waals surface area contributed by atoms with Gasteiger partial charge in [-0.3, -0.25) is 0 Å². The zero-order valence-corrected chi connectivity index (χ0v) is 17.1. The number of anilines is 1. The van der Waals surface area contributed by atoms with Crippen molar-refractivity contribution in [3.63, 3.8) is 0 Å². The summed E-state index contributed by atoms with van der Waals surface area (Å²) in [6.07, 6.45) is 11.2. The quantitative estimate of drug-likeness (QED) is 0.614. The Labute approximate surface area is 165 Å². The van der Waals surface area contributed by atoms with Crippen molar-refractivity contribution in [1.29, 1.82) is 5.26 Å². The minimum absolute atomic E-state index is 0.0504. The molecule has 1 aliphatic rings. The summed E-state index contributed by atoms with van der Waals surface area (Å²) in [5.74, 6) is -0.0275. The molecule has 0 atom stereocenters. The van der Waals surface area contributed by atoms with E-state index in [4.69, 9.17) is 10.4 Å². The van der Waals surface area contributed by atoms with Crippen LogP contribution in [0.25, 0.3) is 0 Å². The Morgan fingerprint density at radius 1 is 1.30 bits per heavy atom. The number of hydrogen-bond donors (Lipinski definition) is 3. The number of thioether (sulfide) groups is 1. The molecule has 6 nitrogen and oxygen atoms in total. The number of rotatable bonds is 6. The summed E-state index contributed by atoms with van der Waals surface area (Å²) >= 11 is 1.88. The summed E-state index contributed by atoms with van der Waals surface area (Å²) in [5, 5.41) is 17.5. The van der Waals surface area contributed by atoms with Gasteiger partial charge in [0.15, 0.2) is 0 Å². The average Bonchev–Trinajstić information content (AvgIpc) is 2.92. The van der Waals surface area contributed by atoms with Crippen LogP contribution in [0.3, 0.4) is 0 Å². The first-order valence-electron chi connectivity index (χ1n) is 8.79. The molecule has 1 aromatic carbocycles. The van der Waals surface area contributed by atoms with E-state index in [9.17, 15) is 12.8 Å². The van der Waals surface area contributed by atoms with Crippen LogP contribution < -0.4 is 16.2 Å². The van der Waals surface area contributed by atoms with Crippen molar-refractivity contribution in [2.24, 2.45) is 10.9 Å². The number of nitriles is 1. The van der Waals surface area contributed by atoms with Crippen LogP contribution >= 0.6 is 11.8 Å². The average molecular weight is 415 g/mol. The first-order valence-corrected chi connectivity index (χ1v) is 11.4. The maximum Gasteiger partial charge on any atom is 0.238 e. The second-order valence-corrected chi connectivity index (χ2v) is 8.87. The number of primary sulfonamides is 1. The molecule has 0 aliphatic heterocycles. The molecule has 0 spiro atoms. The number of hydrogen-bond acceptors (Lipinski definition) is 6. The Hall–Kier alpha value is -1.60. The lowest BCUT2D eigenvalue weighted by Crippen LogP contribution is -2.13. The number of benzene rings is 1. The third kappa shape index (κ3) is 7.89. The molecule has 0 radical (unpaired) electrons.